The minimum absolute atomic E-state index is 0.199. The lowest BCUT2D eigenvalue weighted by atomic mass is 9.80. The summed E-state index contributed by atoms with van der Waals surface area (Å²) in [5.74, 6) is 1.28. The summed E-state index contributed by atoms with van der Waals surface area (Å²) in [7, 11) is 0. The normalized spacial score (nSPS) is 21.2. The van der Waals surface area contributed by atoms with Gasteiger partial charge in [0.05, 0.1) is 0 Å². The Morgan fingerprint density at radius 2 is 1.95 bits per heavy atom. The minimum atomic E-state index is 0.199. The molecule has 1 fully saturated rings. The highest BCUT2D eigenvalue weighted by Gasteiger charge is 2.27. The van der Waals surface area contributed by atoms with Crippen LogP contribution in [0.3, 0.4) is 0 Å². The molecule has 3 heteroatoms. The van der Waals surface area contributed by atoms with Crippen LogP contribution in [0.15, 0.2) is 0 Å². The number of amides is 1. The number of nitrogens with zero attached hydrogens (tertiary/aromatic N) is 1. The third kappa shape index (κ3) is 5.82. The fourth-order valence-electron chi connectivity index (χ4n) is 2.59. The average molecular weight is 282 g/mol. The molecule has 1 rings (SSSR count). The molecule has 1 aliphatic heterocycles. The van der Waals surface area contributed by atoms with Gasteiger partial charge in [-0.2, -0.15) is 0 Å². The summed E-state index contributed by atoms with van der Waals surface area (Å²) in [6.45, 7) is 16.1. The second-order valence-corrected chi connectivity index (χ2v) is 7.96. The maximum absolute atomic E-state index is 12.6. The van der Waals surface area contributed by atoms with Crippen molar-refractivity contribution in [3.63, 3.8) is 0 Å². The van der Waals surface area contributed by atoms with E-state index in [0.717, 1.165) is 19.6 Å². The number of carbonyl (C=O) groups is 1. The fourth-order valence-corrected chi connectivity index (χ4v) is 2.59. The van der Waals surface area contributed by atoms with Crippen LogP contribution >= 0.6 is 0 Å². The summed E-state index contributed by atoms with van der Waals surface area (Å²) in [4.78, 5) is 14.7. The molecule has 118 valence electrons. The van der Waals surface area contributed by atoms with Gasteiger partial charge >= 0.3 is 0 Å². The fraction of sp³-hybridized carbons (Fsp3) is 0.941. The van der Waals surface area contributed by atoms with Gasteiger partial charge in [-0.25, -0.2) is 0 Å². The predicted molar refractivity (Wildman–Crippen MR) is 85.7 cm³/mol. The van der Waals surface area contributed by atoms with Crippen LogP contribution in [0.25, 0.3) is 0 Å². The molecule has 0 aromatic heterocycles. The summed E-state index contributed by atoms with van der Waals surface area (Å²) in [6, 6.07) is 0.502. The highest BCUT2D eigenvalue weighted by Crippen LogP contribution is 2.28. The van der Waals surface area contributed by atoms with Crippen molar-refractivity contribution in [2.75, 3.05) is 19.6 Å². The quantitative estimate of drug-likeness (QED) is 0.811. The van der Waals surface area contributed by atoms with Crippen molar-refractivity contribution in [3.05, 3.63) is 0 Å². The van der Waals surface area contributed by atoms with Gasteiger partial charge in [0.15, 0.2) is 0 Å². The molecule has 3 nitrogen and oxygen atoms in total. The van der Waals surface area contributed by atoms with Gasteiger partial charge in [-0.05, 0) is 36.6 Å². The average Bonchev–Trinajstić information content (AvgIpc) is 2.78. The van der Waals surface area contributed by atoms with Crippen molar-refractivity contribution < 1.29 is 4.79 Å². The smallest absolute Gasteiger partial charge is 0.222 e. The second-order valence-electron chi connectivity index (χ2n) is 7.96. The molecule has 1 saturated heterocycles. The summed E-state index contributed by atoms with van der Waals surface area (Å²) in [5.41, 5.74) is 0.199. The zero-order valence-electron chi connectivity index (χ0n) is 14.3. The summed E-state index contributed by atoms with van der Waals surface area (Å²) in [6.07, 6.45) is 3.12. The van der Waals surface area contributed by atoms with Gasteiger partial charge in [0, 0.05) is 25.6 Å². The van der Waals surface area contributed by atoms with Crippen LogP contribution < -0.4 is 5.32 Å². The van der Waals surface area contributed by atoms with Crippen molar-refractivity contribution in [3.8, 4) is 0 Å². The van der Waals surface area contributed by atoms with Crippen LogP contribution in [0.5, 0.6) is 0 Å². The van der Waals surface area contributed by atoms with Crippen molar-refractivity contribution >= 4 is 5.91 Å². The molecule has 0 aromatic rings. The second kappa shape index (κ2) is 7.44. The van der Waals surface area contributed by atoms with E-state index in [1.54, 1.807) is 0 Å². The van der Waals surface area contributed by atoms with E-state index in [4.69, 9.17) is 0 Å². The van der Waals surface area contributed by atoms with E-state index in [2.05, 4.69) is 51.8 Å². The Kier molecular flexibility index (Phi) is 6.50. The van der Waals surface area contributed by atoms with Gasteiger partial charge in [0.1, 0.15) is 0 Å². The van der Waals surface area contributed by atoms with Crippen LogP contribution in [0.2, 0.25) is 0 Å². The zero-order valence-corrected chi connectivity index (χ0v) is 14.3. The molecule has 0 spiro atoms. The molecular weight excluding hydrogens is 248 g/mol. The third-order valence-electron chi connectivity index (χ3n) is 4.50. The summed E-state index contributed by atoms with van der Waals surface area (Å²) >= 11 is 0. The summed E-state index contributed by atoms with van der Waals surface area (Å²) < 4.78 is 0. The van der Waals surface area contributed by atoms with E-state index in [9.17, 15) is 4.79 Å². The molecule has 1 amide bonds. The van der Waals surface area contributed by atoms with Crippen molar-refractivity contribution in [1.29, 1.82) is 0 Å². The Hall–Kier alpha value is -0.570. The number of nitrogens with one attached hydrogen (secondary N) is 1. The molecule has 20 heavy (non-hydrogen) atoms. The standard InChI is InChI=1S/C17H34N2O/c1-13(2)11-19(12-15-8-7-9-18-15)16(20)10-14(3)17(4,5)6/h13-15,18H,7-12H2,1-6H3. The Labute approximate surface area is 125 Å². The van der Waals surface area contributed by atoms with Crippen molar-refractivity contribution in [2.24, 2.45) is 17.3 Å². The molecule has 1 heterocycles. The first kappa shape index (κ1) is 17.5. The van der Waals surface area contributed by atoms with Crippen LogP contribution in [0, 0.1) is 17.3 Å². The highest BCUT2D eigenvalue weighted by atomic mass is 16.2. The lowest BCUT2D eigenvalue weighted by Gasteiger charge is -2.32. The Morgan fingerprint density at radius 3 is 2.40 bits per heavy atom. The lowest BCUT2D eigenvalue weighted by molar-refractivity contribution is -0.133. The van der Waals surface area contributed by atoms with E-state index in [1.807, 2.05) is 0 Å². The molecule has 0 aliphatic carbocycles. The van der Waals surface area contributed by atoms with E-state index >= 15 is 0 Å². The number of rotatable bonds is 6. The zero-order chi connectivity index (χ0) is 15.3. The number of hydrogen-bond acceptors (Lipinski definition) is 2. The van der Waals surface area contributed by atoms with Gasteiger partial charge in [0.2, 0.25) is 5.91 Å². The van der Waals surface area contributed by atoms with E-state index in [0.29, 0.717) is 30.2 Å². The molecule has 0 aromatic carbocycles. The largest absolute Gasteiger partial charge is 0.341 e. The van der Waals surface area contributed by atoms with Crippen LogP contribution in [-0.4, -0.2) is 36.5 Å². The van der Waals surface area contributed by atoms with Crippen molar-refractivity contribution in [2.45, 2.75) is 66.8 Å². The van der Waals surface area contributed by atoms with Gasteiger partial charge < -0.3 is 10.2 Å². The van der Waals surface area contributed by atoms with Gasteiger partial charge in [0.25, 0.3) is 0 Å². The van der Waals surface area contributed by atoms with Crippen LogP contribution in [0.1, 0.15) is 60.8 Å². The summed E-state index contributed by atoms with van der Waals surface area (Å²) in [5, 5.41) is 3.50. The Balaban J connectivity index is 2.59. The first-order chi connectivity index (χ1) is 9.20. The van der Waals surface area contributed by atoms with Crippen LogP contribution in [-0.2, 0) is 4.79 Å². The highest BCUT2D eigenvalue weighted by molar-refractivity contribution is 5.76. The van der Waals surface area contributed by atoms with Gasteiger partial charge in [-0.1, -0.05) is 41.5 Å². The molecule has 0 bridgehead atoms. The Bertz CT molecular complexity index is 301. The molecule has 0 saturated carbocycles. The van der Waals surface area contributed by atoms with Gasteiger partial charge in [-0.15, -0.1) is 0 Å². The molecule has 1 N–H and O–H groups in total. The molecule has 0 radical (unpaired) electrons. The lowest BCUT2D eigenvalue weighted by Crippen LogP contribution is -2.43. The first-order valence-electron chi connectivity index (χ1n) is 8.21. The van der Waals surface area contributed by atoms with E-state index in [-0.39, 0.29) is 5.41 Å². The third-order valence-corrected chi connectivity index (χ3v) is 4.50. The maximum atomic E-state index is 12.6. The SMILES string of the molecule is CC(C)CN(CC1CCCN1)C(=O)CC(C)C(C)(C)C. The first-order valence-corrected chi connectivity index (χ1v) is 8.21. The van der Waals surface area contributed by atoms with Crippen LogP contribution in [0.4, 0.5) is 0 Å². The topological polar surface area (TPSA) is 32.3 Å². The van der Waals surface area contributed by atoms with E-state index < -0.39 is 0 Å². The maximum Gasteiger partial charge on any atom is 0.222 e. The minimum Gasteiger partial charge on any atom is -0.341 e. The molecule has 2 unspecified atom stereocenters. The Morgan fingerprint density at radius 1 is 1.30 bits per heavy atom. The molecular formula is C17H34N2O. The molecule has 1 aliphatic rings. The van der Waals surface area contributed by atoms with Crippen molar-refractivity contribution in [1.82, 2.24) is 10.2 Å². The number of carbonyl (C=O) groups excluding carboxylic acids is 1. The predicted octanol–water partition coefficient (Wildman–Crippen LogP) is 3.30. The molecule has 2 atom stereocenters. The number of hydrogen-bond donors (Lipinski definition) is 1. The van der Waals surface area contributed by atoms with E-state index in [1.165, 1.54) is 12.8 Å². The van der Waals surface area contributed by atoms with Gasteiger partial charge in [-0.3, -0.25) is 4.79 Å². The monoisotopic (exact) mass is 282 g/mol.